The monoisotopic (exact) mass is 323 g/mol. The van der Waals surface area contributed by atoms with E-state index in [0.29, 0.717) is 11.3 Å². The van der Waals surface area contributed by atoms with Crippen molar-refractivity contribution in [2.75, 3.05) is 18.4 Å². The Morgan fingerprint density at radius 3 is 2.54 bits per heavy atom. The molecule has 2 heterocycles. The number of pyridine rings is 1. The van der Waals surface area contributed by atoms with Crippen LogP contribution in [0.15, 0.2) is 42.6 Å². The lowest BCUT2D eigenvalue weighted by molar-refractivity contribution is 0.0718. The van der Waals surface area contributed by atoms with E-state index in [1.807, 2.05) is 23.1 Å². The van der Waals surface area contributed by atoms with Gasteiger partial charge in [0.1, 0.15) is 5.69 Å². The van der Waals surface area contributed by atoms with Crippen LogP contribution in [0.4, 0.5) is 11.4 Å². The minimum absolute atomic E-state index is 0.0177. The molecule has 1 aliphatic rings. The maximum Gasteiger partial charge on any atom is 0.272 e. The Balaban J connectivity index is 1.76. The molecule has 0 radical (unpaired) electrons. The van der Waals surface area contributed by atoms with Crippen LogP contribution < -0.4 is 5.32 Å². The van der Waals surface area contributed by atoms with Gasteiger partial charge in [-0.25, -0.2) is 0 Å². The molecule has 3 rings (SSSR count). The molecule has 0 unspecified atom stereocenters. The highest BCUT2D eigenvalue weighted by atomic mass is 16.2. The predicted octanol–water partition coefficient (Wildman–Crippen LogP) is 3.65. The number of rotatable bonds is 4. The van der Waals surface area contributed by atoms with Crippen molar-refractivity contribution in [3.8, 4) is 0 Å². The number of Topliss-reactive ketones (excluding diaryl/α,β-unsaturated/α-hetero) is 1. The lowest BCUT2D eigenvalue weighted by Gasteiger charge is -2.26. The topological polar surface area (TPSA) is 62.3 Å². The summed E-state index contributed by atoms with van der Waals surface area (Å²) in [5, 5.41) is 3.23. The molecule has 1 aromatic carbocycles. The van der Waals surface area contributed by atoms with Crippen molar-refractivity contribution in [1.29, 1.82) is 0 Å². The molecule has 124 valence electrons. The number of nitrogens with zero attached hydrogens (tertiary/aromatic N) is 2. The lowest BCUT2D eigenvalue weighted by Crippen LogP contribution is -2.36. The van der Waals surface area contributed by atoms with Gasteiger partial charge in [0.05, 0.1) is 0 Å². The zero-order valence-electron chi connectivity index (χ0n) is 13.8. The number of ketones is 1. The van der Waals surface area contributed by atoms with Crippen molar-refractivity contribution < 1.29 is 9.59 Å². The molecule has 0 spiro atoms. The molecule has 0 aliphatic carbocycles. The van der Waals surface area contributed by atoms with Crippen LogP contribution in [-0.4, -0.2) is 34.7 Å². The quantitative estimate of drug-likeness (QED) is 0.872. The van der Waals surface area contributed by atoms with E-state index in [0.717, 1.165) is 37.3 Å². The van der Waals surface area contributed by atoms with Crippen LogP contribution in [0, 0.1) is 0 Å². The van der Waals surface area contributed by atoms with Crippen molar-refractivity contribution >= 4 is 23.1 Å². The molecule has 0 saturated carbocycles. The molecular formula is C19H21N3O2. The van der Waals surface area contributed by atoms with Gasteiger partial charge >= 0.3 is 0 Å². The van der Waals surface area contributed by atoms with Gasteiger partial charge < -0.3 is 10.2 Å². The summed E-state index contributed by atoms with van der Waals surface area (Å²) in [4.78, 5) is 30.1. The van der Waals surface area contributed by atoms with E-state index in [4.69, 9.17) is 0 Å². The van der Waals surface area contributed by atoms with Crippen molar-refractivity contribution in [3.05, 3.63) is 53.9 Å². The number of aromatic nitrogens is 1. The summed E-state index contributed by atoms with van der Waals surface area (Å²) >= 11 is 0. The molecule has 5 heteroatoms. The Kier molecular flexibility index (Phi) is 4.89. The first kappa shape index (κ1) is 16.2. The van der Waals surface area contributed by atoms with Crippen LogP contribution in [0.3, 0.4) is 0 Å². The average Bonchev–Trinajstić information content (AvgIpc) is 2.62. The van der Waals surface area contributed by atoms with Crippen LogP contribution in [0.1, 0.15) is 47.0 Å². The van der Waals surface area contributed by atoms with Crippen LogP contribution >= 0.6 is 0 Å². The second-order valence-corrected chi connectivity index (χ2v) is 6.04. The summed E-state index contributed by atoms with van der Waals surface area (Å²) in [6.45, 7) is 3.15. The summed E-state index contributed by atoms with van der Waals surface area (Å²) in [7, 11) is 0. The number of piperidine rings is 1. The summed E-state index contributed by atoms with van der Waals surface area (Å²) in [6.07, 6.45) is 4.93. The third kappa shape index (κ3) is 3.79. The van der Waals surface area contributed by atoms with Crippen LogP contribution in [0.5, 0.6) is 0 Å². The number of anilines is 2. The number of nitrogens with one attached hydrogen (secondary N) is 1. The van der Waals surface area contributed by atoms with Crippen LogP contribution in [0.2, 0.25) is 0 Å². The van der Waals surface area contributed by atoms with Gasteiger partial charge in [-0.3, -0.25) is 14.6 Å². The van der Waals surface area contributed by atoms with Gasteiger partial charge in [0.25, 0.3) is 5.91 Å². The second kappa shape index (κ2) is 7.25. The summed E-state index contributed by atoms with van der Waals surface area (Å²) in [5.74, 6) is 0.00480. The number of likely N-dealkylation sites (tertiary alicyclic amines) is 1. The van der Waals surface area contributed by atoms with E-state index in [1.165, 1.54) is 6.42 Å². The van der Waals surface area contributed by atoms with Gasteiger partial charge in [0, 0.05) is 36.2 Å². The predicted molar refractivity (Wildman–Crippen MR) is 93.7 cm³/mol. The van der Waals surface area contributed by atoms with Crippen LogP contribution in [0.25, 0.3) is 0 Å². The summed E-state index contributed by atoms with van der Waals surface area (Å²) in [5.41, 5.74) is 2.69. The van der Waals surface area contributed by atoms with E-state index in [1.54, 1.807) is 31.3 Å². The first-order chi connectivity index (χ1) is 11.6. The van der Waals surface area contributed by atoms with E-state index in [2.05, 4.69) is 10.3 Å². The lowest BCUT2D eigenvalue weighted by atomic mass is 10.1. The zero-order valence-corrected chi connectivity index (χ0v) is 13.8. The van der Waals surface area contributed by atoms with Crippen molar-refractivity contribution in [2.24, 2.45) is 0 Å². The molecule has 1 saturated heterocycles. The minimum Gasteiger partial charge on any atom is -0.355 e. The summed E-state index contributed by atoms with van der Waals surface area (Å²) < 4.78 is 0. The number of hydrogen-bond acceptors (Lipinski definition) is 4. The molecule has 1 N–H and O–H groups in total. The first-order valence-corrected chi connectivity index (χ1v) is 8.27. The second-order valence-electron chi connectivity index (χ2n) is 6.04. The number of benzene rings is 1. The zero-order chi connectivity index (χ0) is 16.9. The molecule has 5 nitrogen and oxygen atoms in total. The fraction of sp³-hybridized carbons (Fsp3) is 0.316. The van der Waals surface area contributed by atoms with Crippen molar-refractivity contribution in [1.82, 2.24) is 9.88 Å². The summed E-state index contributed by atoms with van der Waals surface area (Å²) in [6, 6.07) is 10.9. The van der Waals surface area contributed by atoms with Gasteiger partial charge in [0.2, 0.25) is 0 Å². The SMILES string of the molecule is CC(=O)c1cccc(Nc2ccnc(C(=O)N3CCCCC3)c2)c1. The maximum absolute atomic E-state index is 12.5. The first-order valence-electron chi connectivity index (χ1n) is 8.27. The Hall–Kier alpha value is -2.69. The van der Waals surface area contributed by atoms with E-state index >= 15 is 0 Å². The molecule has 24 heavy (non-hydrogen) atoms. The molecule has 1 aliphatic heterocycles. The third-order valence-corrected chi connectivity index (χ3v) is 4.18. The molecule has 1 fully saturated rings. The normalized spacial score (nSPS) is 14.3. The van der Waals surface area contributed by atoms with E-state index < -0.39 is 0 Å². The third-order valence-electron chi connectivity index (χ3n) is 4.18. The standard InChI is InChI=1S/C19H21N3O2/c1-14(23)15-6-5-7-16(12-15)21-17-8-9-20-18(13-17)19(24)22-10-3-2-4-11-22/h5-9,12-13H,2-4,10-11H2,1H3,(H,20,21). The van der Waals surface area contributed by atoms with Crippen molar-refractivity contribution in [3.63, 3.8) is 0 Å². The highest BCUT2D eigenvalue weighted by molar-refractivity contribution is 5.95. The number of carbonyl (C=O) groups excluding carboxylic acids is 2. The smallest absolute Gasteiger partial charge is 0.272 e. The molecule has 0 bridgehead atoms. The van der Waals surface area contributed by atoms with Gasteiger partial charge in [-0.15, -0.1) is 0 Å². The Labute approximate surface area is 141 Å². The van der Waals surface area contributed by atoms with Gasteiger partial charge in [-0.1, -0.05) is 12.1 Å². The highest BCUT2D eigenvalue weighted by Gasteiger charge is 2.19. The molecule has 2 aromatic rings. The van der Waals surface area contributed by atoms with E-state index in [-0.39, 0.29) is 11.7 Å². The van der Waals surface area contributed by atoms with Crippen LogP contribution in [-0.2, 0) is 0 Å². The van der Waals surface area contributed by atoms with E-state index in [9.17, 15) is 9.59 Å². The Morgan fingerprint density at radius 1 is 1.04 bits per heavy atom. The Morgan fingerprint density at radius 2 is 1.79 bits per heavy atom. The largest absolute Gasteiger partial charge is 0.355 e. The average molecular weight is 323 g/mol. The fourth-order valence-corrected chi connectivity index (χ4v) is 2.87. The fourth-order valence-electron chi connectivity index (χ4n) is 2.87. The molecule has 1 aromatic heterocycles. The molecular weight excluding hydrogens is 302 g/mol. The van der Waals surface area contributed by atoms with Gasteiger partial charge in [0.15, 0.2) is 5.78 Å². The Bertz CT molecular complexity index is 752. The van der Waals surface area contributed by atoms with Gasteiger partial charge in [-0.2, -0.15) is 0 Å². The highest BCUT2D eigenvalue weighted by Crippen LogP contribution is 2.19. The van der Waals surface area contributed by atoms with Crippen molar-refractivity contribution in [2.45, 2.75) is 26.2 Å². The maximum atomic E-state index is 12.5. The molecule has 0 atom stereocenters. The number of hydrogen-bond donors (Lipinski definition) is 1. The number of carbonyl (C=O) groups is 2. The molecule has 1 amide bonds. The number of amides is 1. The van der Waals surface area contributed by atoms with Gasteiger partial charge in [-0.05, 0) is 50.5 Å². The minimum atomic E-state index is -0.0177.